The Hall–Kier alpha value is -2.65. The van der Waals surface area contributed by atoms with Gasteiger partial charge in [-0.3, -0.25) is 10.7 Å². The Bertz CT molecular complexity index is 1290. The van der Waals surface area contributed by atoms with Crippen LogP contribution in [-0.4, -0.2) is 49.2 Å². The Labute approximate surface area is 232 Å². The van der Waals surface area contributed by atoms with Crippen LogP contribution in [0.2, 0.25) is 10.0 Å². The van der Waals surface area contributed by atoms with Gasteiger partial charge < -0.3 is 14.4 Å². The van der Waals surface area contributed by atoms with E-state index in [1.807, 2.05) is 25.1 Å². The minimum absolute atomic E-state index is 0.350. The van der Waals surface area contributed by atoms with Gasteiger partial charge in [-0.1, -0.05) is 30.1 Å². The number of benzene rings is 2. The van der Waals surface area contributed by atoms with Gasteiger partial charge in [-0.15, -0.1) is 11.3 Å². The second kappa shape index (κ2) is 12.7. The zero-order chi connectivity index (χ0) is 26.4. The van der Waals surface area contributed by atoms with E-state index < -0.39 is 0 Å². The molecule has 1 aromatic heterocycles. The number of nitrogens with one attached hydrogen (secondary N) is 1. The van der Waals surface area contributed by atoms with Crippen molar-refractivity contribution in [3.05, 3.63) is 62.0 Å². The van der Waals surface area contributed by atoms with Crippen LogP contribution in [0.1, 0.15) is 48.4 Å². The molecule has 196 valence electrons. The number of aliphatic imine (C=N–C) groups is 1. The van der Waals surface area contributed by atoms with Gasteiger partial charge in [0.05, 0.1) is 39.3 Å². The molecule has 0 bridgehead atoms. The molecular formula is C27H32Cl2N5O2S+. The number of thiazole rings is 1. The van der Waals surface area contributed by atoms with Gasteiger partial charge in [-0.2, -0.15) is 0 Å². The number of hydrogen-bond acceptors (Lipinski definition) is 6. The average molecular weight is 562 g/mol. The van der Waals surface area contributed by atoms with Gasteiger partial charge in [0, 0.05) is 22.9 Å². The van der Waals surface area contributed by atoms with Crippen molar-refractivity contribution in [2.24, 2.45) is 10.7 Å². The number of rotatable bonds is 9. The van der Waals surface area contributed by atoms with Gasteiger partial charge in [0.1, 0.15) is 12.3 Å². The van der Waals surface area contributed by atoms with Crippen LogP contribution >= 0.6 is 34.5 Å². The molecule has 0 spiro atoms. The van der Waals surface area contributed by atoms with E-state index in [1.165, 1.54) is 11.3 Å². The molecule has 7 nitrogen and oxygen atoms in total. The molecule has 1 saturated heterocycles. The third-order valence-corrected chi connectivity index (χ3v) is 8.16. The van der Waals surface area contributed by atoms with Crippen molar-refractivity contribution in [2.75, 3.05) is 27.2 Å². The summed E-state index contributed by atoms with van der Waals surface area (Å²) in [4.78, 5) is 15.2. The molecule has 0 amide bonds. The van der Waals surface area contributed by atoms with Crippen LogP contribution in [-0.2, 0) is 6.61 Å². The molecule has 0 unspecified atom stereocenters. The van der Waals surface area contributed by atoms with Gasteiger partial charge in [0.25, 0.3) is 0 Å². The van der Waals surface area contributed by atoms with Crippen molar-refractivity contribution in [2.45, 2.75) is 38.7 Å². The maximum atomic E-state index is 6.19. The number of piperidine rings is 1. The molecule has 0 saturated carbocycles. The SMILES string of the molecule is CCC(=Nc1ccc(Cl)c(Cl)c1)c1cc(OC)c(OCc2csc(C3CCN(C)CC3)n2)cc1[NH+]=CN. The number of nitrogens with two attached hydrogens (primary N) is 1. The Kier molecular flexibility index (Phi) is 9.43. The van der Waals surface area contributed by atoms with E-state index in [9.17, 15) is 0 Å². The summed E-state index contributed by atoms with van der Waals surface area (Å²) in [6, 6.07) is 9.09. The van der Waals surface area contributed by atoms with E-state index in [1.54, 1.807) is 30.6 Å². The van der Waals surface area contributed by atoms with Gasteiger partial charge in [0.15, 0.2) is 11.5 Å². The molecule has 0 aliphatic carbocycles. The number of likely N-dealkylation sites (tertiary alicyclic amines) is 1. The number of ether oxygens (including phenoxy) is 2. The number of nitrogens with zero attached hydrogens (tertiary/aromatic N) is 3. The van der Waals surface area contributed by atoms with E-state index in [-0.39, 0.29) is 0 Å². The Morgan fingerprint density at radius 3 is 2.68 bits per heavy atom. The van der Waals surface area contributed by atoms with Crippen LogP contribution in [0.15, 0.2) is 40.7 Å². The summed E-state index contributed by atoms with van der Waals surface area (Å²) in [5.74, 6) is 1.72. The molecule has 1 aliphatic rings. The lowest BCUT2D eigenvalue weighted by molar-refractivity contribution is -0.348. The van der Waals surface area contributed by atoms with Crippen LogP contribution in [0, 0.1) is 0 Å². The highest BCUT2D eigenvalue weighted by Crippen LogP contribution is 2.35. The third-order valence-electron chi connectivity index (χ3n) is 6.37. The molecule has 2 heterocycles. The first-order valence-corrected chi connectivity index (χ1v) is 13.9. The third kappa shape index (κ3) is 6.82. The van der Waals surface area contributed by atoms with Crippen molar-refractivity contribution < 1.29 is 14.5 Å². The lowest BCUT2D eigenvalue weighted by Crippen LogP contribution is -2.64. The molecule has 3 aromatic rings. The molecule has 1 fully saturated rings. The largest absolute Gasteiger partial charge is 0.493 e. The van der Waals surface area contributed by atoms with Crippen LogP contribution in [0.4, 0.5) is 11.4 Å². The van der Waals surface area contributed by atoms with Crippen molar-refractivity contribution >= 4 is 58.0 Å². The van der Waals surface area contributed by atoms with Crippen molar-refractivity contribution in [1.82, 2.24) is 9.88 Å². The van der Waals surface area contributed by atoms with Gasteiger partial charge in [0.2, 0.25) is 6.34 Å². The fourth-order valence-electron chi connectivity index (χ4n) is 4.30. The fourth-order valence-corrected chi connectivity index (χ4v) is 5.57. The quantitative estimate of drug-likeness (QED) is 0.281. The average Bonchev–Trinajstić information content (AvgIpc) is 3.38. The molecule has 1 aliphatic heterocycles. The van der Waals surface area contributed by atoms with Gasteiger partial charge in [-0.05, 0) is 63.7 Å². The van der Waals surface area contributed by atoms with Gasteiger partial charge in [-0.25, -0.2) is 9.98 Å². The molecule has 37 heavy (non-hydrogen) atoms. The minimum Gasteiger partial charge on any atom is -0.493 e. The first-order chi connectivity index (χ1) is 17.9. The zero-order valence-corrected chi connectivity index (χ0v) is 23.6. The molecule has 3 N–H and O–H groups in total. The van der Waals surface area contributed by atoms with Crippen LogP contribution in [0.5, 0.6) is 11.5 Å². The predicted molar refractivity (Wildman–Crippen MR) is 153 cm³/mol. The minimum atomic E-state index is 0.350. The van der Waals surface area contributed by atoms with E-state index in [0.717, 1.165) is 48.6 Å². The Morgan fingerprint density at radius 2 is 2.00 bits per heavy atom. The summed E-state index contributed by atoms with van der Waals surface area (Å²) >= 11 is 14.0. The first kappa shape index (κ1) is 27.4. The normalized spacial score (nSPS) is 15.4. The highest BCUT2D eigenvalue weighted by atomic mass is 35.5. The van der Waals surface area contributed by atoms with E-state index in [2.05, 4.69) is 22.3 Å². The molecule has 0 radical (unpaired) electrons. The highest BCUT2D eigenvalue weighted by molar-refractivity contribution is 7.09. The number of halogens is 2. The molecule has 0 atom stereocenters. The molecule has 2 aromatic carbocycles. The van der Waals surface area contributed by atoms with Crippen LogP contribution in [0.25, 0.3) is 0 Å². The lowest BCUT2D eigenvalue weighted by atomic mass is 9.98. The first-order valence-electron chi connectivity index (χ1n) is 12.2. The van der Waals surface area contributed by atoms with E-state index in [4.69, 9.17) is 48.4 Å². The van der Waals surface area contributed by atoms with Gasteiger partial charge >= 0.3 is 0 Å². The maximum absolute atomic E-state index is 6.19. The van der Waals surface area contributed by atoms with E-state index >= 15 is 0 Å². The summed E-state index contributed by atoms with van der Waals surface area (Å²) in [5, 5.41) is 4.22. The van der Waals surface area contributed by atoms with Crippen molar-refractivity contribution in [3.63, 3.8) is 0 Å². The number of methoxy groups -OCH3 is 1. The van der Waals surface area contributed by atoms with Crippen molar-refractivity contribution in [1.29, 1.82) is 0 Å². The molecular weight excluding hydrogens is 529 g/mol. The summed E-state index contributed by atoms with van der Waals surface area (Å²) < 4.78 is 11.9. The maximum Gasteiger partial charge on any atom is 0.232 e. The lowest BCUT2D eigenvalue weighted by Gasteiger charge is -2.27. The molecule has 10 heteroatoms. The molecule has 4 rings (SSSR count). The van der Waals surface area contributed by atoms with E-state index in [0.29, 0.717) is 46.2 Å². The summed E-state index contributed by atoms with van der Waals surface area (Å²) in [6.07, 6.45) is 4.35. The number of hydrogen-bond donors (Lipinski definition) is 2. The summed E-state index contributed by atoms with van der Waals surface area (Å²) in [5.41, 5.74) is 9.79. The standard InChI is InChI=1S/C27H31Cl2N5O2S/c1-4-23(32-18-5-6-21(28)22(29)11-18)20-12-25(35-3)26(13-24(20)31-16-30)36-14-19-15-37-27(33-19)17-7-9-34(2)10-8-17/h5-6,11-13,15-17H,4,7-10,14H2,1-3H3,(H2,30,31)/p+1. The second-order valence-electron chi connectivity index (χ2n) is 8.91. The summed E-state index contributed by atoms with van der Waals surface area (Å²) in [7, 11) is 3.79. The smallest absolute Gasteiger partial charge is 0.232 e. The topological polar surface area (TPSA) is 86.9 Å². The highest BCUT2D eigenvalue weighted by Gasteiger charge is 2.22. The van der Waals surface area contributed by atoms with Crippen molar-refractivity contribution in [3.8, 4) is 11.5 Å². The Morgan fingerprint density at radius 1 is 1.22 bits per heavy atom. The monoisotopic (exact) mass is 560 g/mol. The van der Waals surface area contributed by atoms with Crippen LogP contribution in [0.3, 0.4) is 0 Å². The zero-order valence-electron chi connectivity index (χ0n) is 21.3. The second-order valence-corrected chi connectivity index (χ2v) is 10.6. The summed E-state index contributed by atoms with van der Waals surface area (Å²) in [6.45, 7) is 4.61. The Balaban J connectivity index is 1.58. The predicted octanol–water partition coefficient (Wildman–Crippen LogP) is 5.08. The van der Waals surface area contributed by atoms with Crippen LogP contribution < -0.4 is 20.2 Å². The number of aromatic nitrogens is 1. The fraction of sp³-hybridized carbons (Fsp3) is 0.370.